The predicted octanol–water partition coefficient (Wildman–Crippen LogP) is 0.866. The minimum Gasteiger partial charge on any atom is -0.344 e. The van der Waals surface area contributed by atoms with Gasteiger partial charge < -0.3 is 10.6 Å². The molecule has 19 heavy (non-hydrogen) atoms. The number of alkyl halides is 2. The summed E-state index contributed by atoms with van der Waals surface area (Å²) in [5.41, 5.74) is 0.921. The van der Waals surface area contributed by atoms with Crippen molar-refractivity contribution in [3.05, 3.63) is 18.0 Å². The van der Waals surface area contributed by atoms with Gasteiger partial charge in [0.1, 0.15) is 12.1 Å². The highest BCUT2D eigenvalue weighted by atomic mass is 19.3. The fourth-order valence-electron chi connectivity index (χ4n) is 2.04. The van der Waals surface area contributed by atoms with E-state index in [1.807, 2.05) is 6.92 Å². The summed E-state index contributed by atoms with van der Waals surface area (Å²) < 4.78 is 28.7. The van der Waals surface area contributed by atoms with Gasteiger partial charge in [-0.2, -0.15) is 5.10 Å². The van der Waals surface area contributed by atoms with Crippen molar-refractivity contribution in [3.63, 3.8) is 0 Å². The fourth-order valence-corrected chi connectivity index (χ4v) is 2.04. The number of hydrogen-bond acceptors (Lipinski definition) is 3. The first kappa shape index (κ1) is 13.9. The SMILES string of the molecule is Cc1cnn(C(C)C(=O)N[C@@H]2CNCCC2(F)F)c1. The molecule has 1 aromatic heterocycles. The molecule has 1 aliphatic heterocycles. The molecule has 1 amide bonds. The summed E-state index contributed by atoms with van der Waals surface area (Å²) in [6, 6.07) is -1.76. The predicted molar refractivity (Wildman–Crippen MR) is 66.0 cm³/mol. The number of nitrogens with one attached hydrogen (secondary N) is 2. The van der Waals surface area contributed by atoms with Crippen LogP contribution in [-0.4, -0.2) is 40.7 Å². The minimum atomic E-state index is -2.86. The summed E-state index contributed by atoms with van der Waals surface area (Å²) >= 11 is 0. The van der Waals surface area contributed by atoms with E-state index in [1.165, 1.54) is 4.68 Å². The Kier molecular flexibility index (Phi) is 3.84. The second-order valence-electron chi connectivity index (χ2n) is 4.95. The van der Waals surface area contributed by atoms with Crippen LogP contribution in [0.4, 0.5) is 8.78 Å². The Hall–Kier alpha value is -1.50. The first-order valence-electron chi connectivity index (χ1n) is 6.30. The second-order valence-corrected chi connectivity index (χ2v) is 4.95. The summed E-state index contributed by atoms with van der Waals surface area (Å²) in [6.45, 7) is 3.85. The number of rotatable bonds is 3. The van der Waals surface area contributed by atoms with E-state index in [4.69, 9.17) is 0 Å². The summed E-state index contributed by atoms with van der Waals surface area (Å²) in [5, 5.41) is 9.28. The maximum absolute atomic E-state index is 13.6. The van der Waals surface area contributed by atoms with Gasteiger partial charge in [0.25, 0.3) is 5.92 Å². The van der Waals surface area contributed by atoms with Crippen LogP contribution in [0.2, 0.25) is 0 Å². The number of piperidine rings is 1. The number of carbonyl (C=O) groups is 1. The Morgan fingerprint density at radius 3 is 3.00 bits per heavy atom. The largest absolute Gasteiger partial charge is 0.344 e. The number of amides is 1. The zero-order valence-corrected chi connectivity index (χ0v) is 11.0. The van der Waals surface area contributed by atoms with E-state index in [9.17, 15) is 13.6 Å². The Morgan fingerprint density at radius 1 is 1.68 bits per heavy atom. The van der Waals surface area contributed by atoms with E-state index in [0.717, 1.165) is 5.56 Å². The molecular weight excluding hydrogens is 254 g/mol. The van der Waals surface area contributed by atoms with Crippen LogP contribution in [0, 0.1) is 6.92 Å². The topological polar surface area (TPSA) is 59.0 Å². The Balaban J connectivity index is 2.00. The Morgan fingerprint density at radius 2 is 2.42 bits per heavy atom. The van der Waals surface area contributed by atoms with Crippen molar-refractivity contribution in [2.75, 3.05) is 13.1 Å². The quantitative estimate of drug-likeness (QED) is 0.858. The Bertz CT molecular complexity index is 460. The number of nitrogens with zero attached hydrogens (tertiary/aromatic N) is 2. The molecule has 5 nitrogen and oxygen atoms in total. The van der Waals surface area contributed by atoms with Crippen LogP contribution in [0.1, 0.15) is 24.9 Å². The van der Waals surface area contributed by atoms with Gasteiger partial charge in [0.2, 0.25) is 5.91 Å². The second kappa shape index (κ2) is 5.24. The maximum Gasteiger partial charge on any atom is 0.270 e. The molecule has 2 heterocycles. The van der Waals surface area contributed by atoms with Crippen LogP contribution in [0.15, 0.2) is 12.4 Å². The van der Waals surface area contributed by atoms with Crippen molar-refractivity contribution >= 4 is 5.91 Å². The highest BCUT2D eigenvalue weighted by molar-refractivity contribution is 5.80. The number of carbonyl (C=O) groups excluding carboxylic acids is 1. The third-order valence-electron chi connectivity index (χ3n) is 3.32. The zero-order chi connectivity index (χ0) is 14.0. The van der Waals surface area contributed by atoms with Gasteiger partial charge in [-0.15, -0.1) is 0 Å². The lowest BCUT2D eigenvalue weighted by atomic mass is 10.0. The van der Waals surface area contributed by atoms with Gasteiger partial charge >= 0.3 is 0 Å². The van der Waals surface area contributed by atoms with Gasteiger partial charge in [0.15, 0.2) is 0 Å². The van der Waals surface area contributed by atoms with E-state index in [-0.39, 0.29) is 19.5 Å². The normalized spacial score (nSPS) is 23.9. The smallest absolute Gasteiger partial charge is 0.270 e. The van der Waals surface area contributed by atoms with Gasteiger partial charge in [-0.1, -0.05) is 0 Å². The highest BCUT2D eigenvalue weighted by Gasteiger charge is 2.42. The van der Waals surface area contributed by atoms with Gasteiger partial charge in [-0.25, -0.2) is 8.78 Å². The van der Waals surface area contributed by atoms with Crippen LogP contribution in [0.25, 0.3) is 0 Å². The lowest BCUT2D eigenvalue weighted by Crippen LogP contribution is -2.58. The molecule has 1 aliphatic rings. The van der Waals surface area contributed by atoms with E-state index in [0.29, 0.717) is 0 Å². The minimum absolute atomic E-state index is 0.0869. The maximum atomic E-state index is 13.6. The first-order valence-corrected chi connectivity index (χ1v) is 6.30. The van der Waals surface area contributed by atoms with Gasteiger partial charge in [-0.3, -0.25) is 9.48 Å². The van der Waals surface area contributed by atoms with Crippen molar-refractivity contribution in [2.24, 2.45) is 0 Å². The average Bonchev–Trinajstić information content (AvgIpc) is 2.77. The van der Waals surface area contributed by atoms with E-state index in [1.54, 1.807) is 19.3 Å². The van der Waals surface area contributed by atoms with E-state index in [2.05, 4.69) is 15.7 Å². The third kappa shape index (κ3) is 3.09. The number of aryl methyl sites for hydroxylation is 1. The summed E-state index contributed by atoms with van der Waals surface area (Å²) in [5.74, 6) is -3.31. The molecule has 0 saturated carbocycles. The number of halogens is 2. The van der Waals surface area contributed by atoms with Crippen LogP contribution in [0.3, 0.4) is 0 Å². The number of hydrogen-bond donors (Lipinski definition) is 2. The molecular formula is C12H18F2N4O. The first-order chi connectivity index (χ1) is 8.90. The van der Waals surface area contributed by atoms with Crippen molar-refractivity contribution in [2.45, 2.75) is 38.3 Å². The van der Waals surface area contributed by atoms with Crippen molar-refractivity contribution in [1.82, 2.24) is 20.4 Å². The molecule has 2 rings (SSSR count). The van der Waals surface area contributed by atoms with E-state index < -0.39 is 23.9 Å². The fraction of sp³-hybridized carbons (Fsp3) is 0.667. The average molecular weight is 272 g/mol. The van der Waals surface area contributed by atoms with Crippen molar-refractivity contribution in [3.8, 4) is 0 Å². The lowest BCUT2D eigenvalue weighted by Gasteiger charge is -2.33. The summed E-state index contributed by atoms with van der Waals surface area (Å²) in [7, 11) is 0. The third-order valence-corrected chi connectivity index (χ3v) is 3.32. The monoisotopic (exact) mass is 272 g/mol. The van der Waals surface area contributed by atoms with Crippen LogP contribution >= 0.6 is 0 Å². The molecule has 106 valence electrons. The summed E-state index contributed by atoms with van der Waals surface area (Å²) in [4.78, 5) is 12.0. The molecule has 1 fully saturated rings. The Labute approximate surface area is 110 Å². The molecule has 2 N–H and O–H groups in total. The number of aromatic nitrogens is 2. The van der Waals surface area contributed by atoms with Crippen molar-refractivity contribution < 1.29 is 13.6 Å². The highest BCUT2D eigenvalue weighted by Crippen LogP contribution is 2.25. The molecule has 0 radical (unpaired) electrons. The molecule has 1 saturated heterocycles. The molecule has 1 aromatic rings. The van der Waals surface area contributed by atoms with Gasteiger partial charge in [0, 0.05) is 25.7 Å². The molecule has 0 spiro atoms. The molecule has 1 unspecified atom stereocenters. The van der Waals surface area contributed by atoms with E-state index >= 15 is 0 Å². The van der Waals surface area contributed by atoms with Crippen molar-refractivity contribution in [1.29, 1.82) is 0 Å². The molecule has 0 bridgehead atoms. The zero-order valence-electron chi connectivity index (χ0n) is 11.0. The molecule has 2 atom stereocenters. The molecule has 0 aliphatic carbocycles. The van der Waals surface area contributed by atoms with Gasteiger partial charge in [-0.05, 0) is 19.4 Å². The van der Waals surface area contributed by atoms with Crippen LogP contribution < -0.4 is 10.6 Å². The standard InChI is InChI=1S/C12H18F2N4O/c1-8-5-16-18(7-8)9(2)11(19)17-10-6-15-4-3-12(10,13)14/h5,7,9-10,15H,3-4,6H2,1-2H3,(H,17,19)/t9?,10-/m1/s1. The summed E-state index contributed by atoms with van der Waals surface area (Å²) in [6.07, 6.45) is 3.08. The van der Waals surface area contributed by atoms with Gasteiger partial charge in [0.05, 0.1) is 6.20 Å². The molecule has 7 heteroatoms. The molecule has 0 aromatic carbocycles. The van der Waals surface area contributed by atoms with Crippen LogP contribution in [0.5, 0.6) is 0 Å². The van der Waals surface area contributed by atoms with Crippen LogP contribution in [-0.2, 0) is 4.79 Å². The lowest BCUT2D eigenvalue weighted by molar-refractivity contribution is -0.130.